The molecule has 1 saturated carbocycles. The fraction of sp³-hybridized carbons (Fsp3) is 0.417. The lowest BCUT2D eigenvalue weighted by molar-refractivity contribution is -0.121. The Balaban J connectivity index is 1.48. The van der Waals surface area contributed by atoms with E-state index in [1.54, 1.807) is 26.0 Å². The van der Waals surface area contributed by atoms with E-state index < -0.39 is 27.0 Å². The van der Waals surface area contributed by atoms with Crippen LogP contribution >= 0.6 is 0 Å². The average Bonchev–Trinajstić information content (AvgIpc) is 2.75. The van der Waals surface area contributed by atoms with Crippen LogP contribution in [-0.2, 0) is 25.8 Å². The Morgan fingerprint density at radius 2 is 1.73 bits per heavy atom. The maximum absolute atomic E-state index is 13.0. The van der Waals surface area contributed by atoms with Gasteiger partial charge in [-0.15, -0.1) is 0 Å². The maximum Gasteiger partial charge on any atom is 0.411 e. The van der Waals surface area contributed by atoms with Crippen LogP contribution in [0, 0.1) is 5.82 Å². The maximum atomic E-state index is 13.0. The van der Waals surface area contributed by atoms with Crippen LogP contribution in [0.15, 0.2) is 53.4 Å². The van der Waals surface area contributed by atoms with Crippen LogP contribution in [0.4, 0.5) is 14.9 Å². The molecule has 178 valence electrons. The number of amides is 2. The number of carbonyl (C=O) groups excluding carboxylic acids is 2. The first kappa shape index (κ1) is 24.7. The van der Waals surface area contributed by atoms with Gasteiger partial charge in [-0.3, -0.25) is 10.1 Å². The zero-order valence-corrected chi connectivity index (χ0v) is 19.5. The van der Waals surface area contributed by atoms with E-state index in [-0.39, 0.29) is 29.4 Å². The first-order chi connectivity index (χ1) is 15.6. The third-order valence-electron chi connectivity index (χ3n) is 5.59. The van der Waals surface area contributed by atoms with Crippen LogP contribution < -0.4 is 10.6 Å². The number of rotatable bonds is 7. The van der Waals surface area contributed by atoms with E-state index >= 15 is 0 Å². The fourth-order valence-corrected chi connectivity index (χ4v) is 4.81. The molecule has 7 nitrogen and oxygen atoms in total. The van der Waals surface area contributed by atoms with Crippen LogP contribution in [0.2, 0.25) is 0 Å². The van der Waals surface area contributed by atoms with Gasteiger partial charge in [0.05, 0.1) is 16.6 Å². The second-order valence-electron chi connectivity index (χ2n) is 8.50. The molecular weight excluding hydrogens is 447 g/mol. The Kier molecular flexibility index (Phi) is 8.07. The van der Waals surface area contributed by atoms with Crippen LogP contribution in [0.25, 0.3) is 0 Å². The van der Waals surface area contributed by atoms with Crippen LogP contribution in [-0.4, -0.2) is 37.8 Å². The fourth-order valence-electron chi connectivity index (χ4n) is 3.75. The standard InChI is InChI=1S/C24H29FN2O5S/c1-16(2)33(30,31)22-12-6-17(7-13-22)14-23(28)26-20-4-3-5-21(15-20)32-24(29)27-19-10-8-18(25)9-11-19/h6-13,16,20-21H,3-5,14-15H2,1-2H3,(H,26,28)(H,27,29)/t20-,21+/m1/s1. The van der Waals surface area contributed by atoms with Crippen molar-refractivity contribution in [1.29, 1.82) is 0 Å². The topological polar surface area (TPSA) is 102 Å². The molecule has 0 radical (unpaired) electrons. The largest absolute Gasteiger partial charge is 0.446 e. The number of halogens is 1. The van der Waals surface area contributed by atoms with Crippen LogP contribution in [0.5, 0.6) is 0 Å². The summed E-state index contributed by atoms with van der Waals surface area (Å²) in [5, 5.41) is 5.04. The van der Waals surface area contributed by atoms with Crippen molar-refractivity contribution in [3.8, 4) is 0 Å². The Hall–Kier alpha value is -2.94. The number of hydrogen-bond acceptors (Lipinski definition) is 5. The molecule has 2 atom stereocenters. The summed E-state index contributed by atoms with van der Waals surface area (Å²) < 4.78 is 42.9. The van der Waals surface area contributed by atoms with E-state index in [2.05, 4.69) is 10.6 Å². The van der Waals surface area contributed by atoms with Crippen molar-refractivity contribution in [2.45, 2.75) is 68.2 Å². The summed E-state index contributed by atoms with van der Waals surface area (Å²) in [6.07, 6.45) is 2.00. The number of ether oxygens (including phenoxy) is 1. The van der Waals surface area contributed by atoms with E-state index in [9.17, 15) is 22.4 Å². The van der Waals surface area contributed by atoms with Crippen LogP contribution in [0.1, 0.15) is 45.1 Å². The molecule has 0 heterocycles. The van der Waals surface area contributed by atoms with Crippen molar-refractivity contribution >= 4 is 27.5 Å². The summed E-state index contributed by atoms with van der Waals surface area (Å²) >= 11 is 0. The molecule has 2 N–H and O–H groups in total. The van der Waals surface area contributed by atoms with E-state index in [1.807, 2.05) is 0 Å². The Morgan fingerprint density at radius 3 is 2.36 bits per heavy atom. The lowest BCUT2D eigenvalue weighted by Gasteiger charge is -2.29. The van der Waals surface area contributed by atoms with E-state index in [0.717, 1.165) is 18.4 Å². The third kappa shape index (κ3) is 7.02. The van der Waals surface area contributed by atoms with Gasteiger partial charge in [0.15, 0.2) is 9.84 Å². The summed E-state index contributed by atoms with van der Waals surface area (Å²) in [6, 6.07) is 11.6. The number of nitrogens with one attached hydrogen (secondary N) is 2. The number of hydrogen-bond donors (Lipinski definition) is 2. The molecule has 2 amide bonds. The minimum Gasteiger partial charge on any atom is -0.446 e. The van der Waals surface area contributed by atoms with E-state index in [1.165, 1.54) is 36.4 Å². The highest BCUT2D eigenvalue weighted by Gasteiger charge is 2.26. The number of carbonyl (C=O) groups is 2. The van der Waals surface area contributed by atoms with Crippen molar-refractivity contribution in [3.63, 3.8) is 0 Å². The zero-order valence-electron chi connectivity index (χ0n) is 18.7. The molecule has 0 bridgehead atoms. The molecule has 2 aromatic rings. The smallest absolute Gasteiger partial charge is 0.411 e. The summed E-state index contributed by atoms with van der Waals surface area (Å²) in [7, 11) is -3.35. The average molecular weight is 477 g/mol. The second kappa shape index (κ2) is 10.8. The molecule has 0 saturated heterocycles. The molecule has 33 heavy (non-hydrogen) atoms. The van der Waals surface area contributed by atoms with Gasteiger partial charge in [-0.1, -0.05) is 12.1 Å². The van der Waals surface area contributed by atoms with Crippen molar-refractivity contribution < 1.29 is 27.1 Å². The van der Waals surface area contributed by atoms with E-state index in [0.29, 0.717) is 18.5 Å². The summed E-state index contributed by atoms with van der Waals surface area (Å²) in [5.74, 6) is -0.563. The molecule has 3 rings (SSSR count). The molecular formula is C24H29FN2O5S. The molecule has 0 spiro atoms. The Labute approximate surface area is 193 Å². The predicted octanol–water partition coefficient (Wildman–Crippen LogP) is 4.23. The molecule has 2 aromatic carbocycles. The lowest BCUT2D eigenvalue weighted by Crippen LogP contribution is -2.41. The van der Waals surface area contributed by atoms with Crippen molar-refractivity contribution in [1.82, 2.24) is 5.32 Å². The highest BCUT2D eigenvalue weighted by atomic mass is 32.2. The molecule has 0 aliphatic heterocycles. The Bertz CT molecular complexity index is 1070. The van der Waals surface area contributed by atoms with Crippen LogP contribution in [0.3, 0.4) is 0 Å². The molecule has 1 fully saturated rings. The van der Waals surface area contributed by atoms with Gasteiger partial charge in [0.2, 0.25) is 5.91 Å². The second-order valence-corrected chi connectivity index (χ2v) is 11.0. The van der Waals surface area contributed by atoms with E-state index in [4.69, 9.17) is 4.74 Å². The van der Waals surface area contributed by atoms with Crippen molar-refractivity contribution in [3.05, 3.63) is 59.9 Å². The molecule has 0 aromatic heterocycles. The number of benzene rings is 2. The first-order valence-corrected chi connectivity index (χ1v) is 12.5. The summed E-state index contributed by atoms with van der Waals surface area (Å²) in [4.78, 5) is 24.9. The summed E-state index contributed by atoms with van der Waals surface area (Å²) in [5.41, 5.74) is 1.16. The third-order valence-corrected chi connectivity index (χ3v) is 7.76. The molecule has 1 aliphatic carbocycles. The minimum atomic E-state index is -3.35. The van der Waals surface area contributed by atoms with Gasteiger partial charge in [-0.2, -0.15) is 0 Å². The Morgan fingerprint density at radius 1 is 1.06 bits per heavy atom. The van der Waals surface area contributed by atoms with Gasteiger partial charge in [0.25, 0.3) is 0 Å². The highest BCUT2D eigenvalue weighted by Crippen LogP contribution is 2.22. The predicted molar refractivity (Wildman–Crippen MR) is 123 cm³/mol. The molecule has 0 unspecified atom stereocenters. The quantitative estimate of drug-likeness (QED) is 0.623. The van der Waals surface area contributed by atoms with Gasteiger partial charge in [0.1, 0.15) is 11.9 Å². The van der Waals surface area contributed by atoms with Gasteiger partial charge in [0, 0.05) is 18.2 Å². The molecule has 9 heteroatoms. The van der Waals surface area contributed by atoms with Gasteiger partial charge < -0.3 is 10.1 Å². The zero-order chi connectivity index (χ0) is 24.0. The SMILES string of the molecule is CC(C)S(=O)(=O)c1ccc(CC(=O)N[C@@H]2CCC[C@H](OC(=O)Nc3ccc(F)cc3)C2)cc1. The van der Waals surface area contributed by atoms with Crippen molar-refractivity contribution in [2.75, 3.05) is 5.32 Å². The molecule has 1 aliphatic rings. The lowest BCUT2D eigenvalue weighted by atomic mass is 9.92. The first-order valence-electron chi connectivity index (χ1n) is 11.0. The van der Waals surface area contributed by atoms with Gasteiger partial charge in [-0.25, -0.2) is 17.6 Å². The normalized spacial score (nSPS) is 18.5. The van der Waals surface area contributed by atoms with Crippen molar-refractivity contribution in [2.24, 2.45) is 0 Å². The summed E-state index contributed by atoms with van der Waals surface area (Å²) in [6.45, 7) is 3.26. The highest BCUT2D eigenvalue weighted by molar-refractivity contribution is 7.92. The van der Waals surface area contributed by atoms with Gasteiger partial charge >= 0.3 is 6.09 Å². The number of anilines is 1. The number of sulfone groups is 1. The monoisotopic (exact) mass is 476 g/mol. The minimum absolute atomic E-state index is 0.115. The van der Waals surface area contributed by atoms with Gasteiger partial charge in [-0.05, 0) is 75.1 Å².